The van der Waals surface area contributed by atoms with E-state index in [4.69, 9.17) is 28.9 Å². The van der Waals surface area contributed by atoms with Gasteiger partial charge < -0.3 is 26.5 Å². The lowest BCUT2D eigenvalue weighted by atomic mass is 9.96. The van der Waals surface area contributed by atoms with Crippen molar-refractivity contribution in [1.29, 1.82) is 0 Å². The third-order valence-electron chi connectivity index (χ3n) is 9.48. The van der Waals surface area contributed by atoms with E-state index in [0.29, 0.717) is 35.0 Å². The molecule has 9 heteroatoms. The maximum atomic E-state index is 11.9. The number of allylic oxidation sites excluding steroid dienone is 4. The summed E-state index contributed by atoms with van der Waals surface area (Å²) in [5.74, 6) is 0.432. The number of Topliss-reactive ketones (excluding diaryl/α,β-unsaturated/α-hetero) is 2. The number of aldehydes is 1. The van der Waals surface area contributed by atoms with Crippen molar-refractivity contribution in [3.8, 4) is 0 Å². The molecule has 0 fully saturated rings. The van der Waals surface area contributed by atoms with Crippen molar-refractivity contribution in [1.82, 2.24) is 0 Å². The molecule has 4 aromatic rings. The molecular weight excluding hydrogens is 703 g/mol. The Kier molecular flexibility index (Phi) is 15.8. The smallest absolute Gasteiger partial charge is 0.160 e. The van der Waals surface area contributed by atoms with E-state index in [1.54, 1.807) is 18.2 Å². The Balaban J connectivity index is 0.000000198. The number of hydrogen-bond acceptors (Lipinski definition) is 7. The van der Waals surface area contributed by atoms with Crippen LogP contribution in [0.2, 0.25) is 10.0 Å². The summed E-state index contributed by atoms with van der Waals surface area (Å²) in [7, 11) is 0. The zero-order chi connectivity index (χ0) is 38.3. The molecule has 5 N–H and O–H groups in total. The Morgan fingerprint density at radius 1 is 0.660 bits per heavy atom. The molecule has 0 unspecified atom stereocenters. The number of nitrogens with two attached hydrogens (primary N) is 1. The highest BCUT2D eigenvalue weighted by Crippen LogP contribution is 2.31. The first-order valence-electron chi connectivity index (χ1n) is 18.1. The molecule has 0 aromatic heterocycles. The van der Waals surface area contributed by atoms with Crippen LogP contribution in [0, 0.1) is 13.8 Å². The summed E-state index contributed by atoms with van der Waals surface area (Å²) >= 11 is 12.4. The van der Waals surface area contributed by atoms with Crippen LogP contribution in [0.5, 0.6) is 0 Å². The summed E-state index contributed by atoms with van der Waals surface area (Å²) in [5, 5.41) is 11.3. The summed E-state index contributed by atoms with van der Waals surface area (Å²) in [4.78, 5) is 33.6. The van der Waals surface area contributed by atoms with Crippen LogP contribution < -0.4 is 21.7 Å². The highest BCUT2D eigenvalue weighted by atomic mass is 35.5. The van der Waals surface area contributed by atoms with E-state index in [2.05, 4.69) is 47.1 Å². The van der Waals surface area contributed by atoms with Gasteiger partial charge in [-0.1, -0.05) is 71.7 Å². The topological polar surface area (TPSA) is 113 Å². The first-order valence-corrected chi connectivity index (χ1v) is 18.8. The fourth-order valence-electron chi connectivity index (χ4n) is 6.11. The van der Waals surface area contributed by atoms with Crippen LogP contribution in [-0.4, -0.2) is 24.4 Å². The van der Waals surface area contributed by atoms with Gasteiger partial charge in [0.25, 0.3) is 0 Å². The monoisotopic (exact) mass is 752 g/mol. The normalized spacial score (nSPS) is 14.1. The fourth-order valence-corrected chi connectivity index (χ4v) is 6.44. The zero-order valence-corrected chi connectivity index (χ0v) is 32.6. The number of carbonyl (C=O) groups is 3. The minimum Gasteiger partial charge on any atom is -0.399 e. The standard InChI is InChI=1S/C22H25ClN2O.C13H15ClN2O.C9H10O/c1-15-6-3-4-7-17(15)12-13-24-18-10-11-19(23)21(14-18)25-20-8-5-9-22(26)16(20)2;1-8-11(3-2-4-13(8)17)16-12-7-9(15)5-6-10(12)14;1-8-4-2-3-5-9(8)6-7-10/h3-4,6-7,10-11,14,24-25H,5,8-9,12-13H2,1-2H3;5-7,16H,2-4,15H2,1H3;2-5,7H,6H2,1H3. The minimum atomic E-state index is 0.207. The number of halogens is 2. The molecule has 0 saturated heterocycles. The lowest BCUT2D eigenvalue weighted by Crippen LogP contribution is -2.14. The molecule has 0 heterocycles. The molecule has 0 amide bonds. The van der Waals surface area contributed by atoms with Gasteiger partial charge in [-0.05, 0) is 118 Å². The van der Waals surface area contributed by atoms with Crippen LogP contribution in [0.25, 0.3) is 0 Å². The summed E-state index contributed by atoms with van der Waals surface area (Å²) < 4.78 is 0. The fraction of sp³-hybridized carbons (Fsp3) is 0.295. The lowest BCUT2D eigenvalue weighted by molar-refractivity contribution is -0.116. The summed E-state index contributed by atoms with van der Waals surface area (Å²) in [5.41, 5.74) is 17.5. The summed E-state index contributed by atoms with van der Waals surface area (Å²) in [6, 6.07) is 27.5. The summed E-state index contributed by atoms with van der Waals surface area (Å²) in [6.45, 7) is 8.75. The van der Waals surface area contributed by atoms with Crippen molar-refractivity contribution in [3.05, 3.63) is 140 Å². The summed E-state index contributed by atoms with van der Waals surface area (Å²) in [6.07, 6.45) is 7.27. The van der Waals surface area contributed by atoms with Crippen LogP contribution >= 0.6 is 23.2 Å². The molecule has 0 saturated carbocycles. The molecule has 278 valence electrons. The second kappa shape index (κ2) is 20.4. The van der Waals surface area contributed by atoms with E-state index in [1.165, 1.54) is 16.7 Å². The number of ketones is 2. The highest BCUT2D eigenvalue weighted by Gasteiger charge is 2.18. The Morgan fingerprint density at radius 2 is 1.17 bits per heavy atom. The van der Waals surface area contributed by atoms with E-state index in [-0.39, 0.29) is 11.6 Å². The zero-order valence-electron chi connectivity index (χ0n) is 31.1. The third kappa shape index (κ3) is 12.4. The first-order chi connectivity index (χ1) is 25.5. The van der Waals surface area contributed by atoms with Crippen molar-refractivity contribution in [2.45, 2.75) is 79.1 Å². The number of nitrogens with one attached hydrogen (secondary N) is 3. The van der Waals surface area contributed by atoms with E-state index in [9.17, 15) is 14.4 Å². The molecule has 4 aromatic carbocycles. The minimum absolute atomic E-state index is 0.207. The van der Waals surface area contributed by atoms with Gasteiger partial charge in [0.05, 0.1) is 21.4 Å². The van der Waals surface area contributed by atoms with Crippen molar-refractivity contribution in [2.24, 2.45) is 0 Å². The Morgan fingerprint density at radius 3 is 1.72 bits per heavy atom. The van der Waals surface area contributed by atoms with Crippen molar-refractivity contribution >= 4 is 63.8 Å². The van der Waals surface area contributed by atoms with Gasteiger partial charge in [-0.2, -0.15) is 0 Å². The second-order valence-corrected chi connectivity index (χ2v) is 14.2. The molecule has 0 spiro atoms. The van der Waals surface area contributed by atoms with Crippen LogP contribution in [0.3, 0.4) is 0 Å². The molecule has 53 heavy (non-hydrogen) atoms. The van der Waals surface area contributed by atoms with Gasteiger partial charge in [0.1, 0.15) is 6.29 Å². The number of nitrogen functional groups attached to an aromatic ring is 1. The molecule has 2 aliphatic carbocycles. The number of hydrogen-bond donors (Lipinski definition) is 4. The van der Waals surface area contributed by atoms with Gasteiger partial charge in [-0.3, -0.25) is 9.59 Å². The SMILES string of the molecule is CC1=C(Nc2cc(N)ccc2Cl)CCCC1=O.CC1=C(Nc2cc(NCCc3ccccc3C)ccc2Cl)CCCC1=O.Cc1ccccc1CC=O. The van der Waals surface area contributed by atoms with E-state index in [0.717, 1.165) is 90.1 Å². The Labute approximate surface area is 324 Å². The van der Waals surface area contributed by atoms with Crippen molar-refractivity contribution in [3.63, 3.8) is 0 Å². The molecule has 6 rings (SSSR count). The molecule has 7 nitrogen and oxygen atoms in total. The highest BCUT2D eigenvalue weighted by molar-refractivity contribution is 6.33. The Hall–Kier alpha value is -4.85. The Bertz CT molecular complexity index is 1990. The second-order valence-electron chi connectivity index (χ2n) is 13.3. The molecule has 2 aliphatic rings. The molecule has 0 radical (unpaired) electrons. The predicted octanol–water partition coefficient (Wildman–Crippen LogP) is 10.8. The van der Waals surface area contributed by atoms with Gasteiger partial charge in [-0.15, -0.1) is 0 Å². The number of carbonyl (C=O) groups excluding carboxylic acids is 3. The number of benzene rings is 4. The van der Waals surface area contributed by atoms with E-state index >= 15 is 0 Å². The lowest BCUT2D eigenvalue weighted by Gasteiger charge is -2.20. The van der Waals surface area contributed by atoms with Gasteiger partial charge in [0.15, 0.2) is 11.6 Å². The maximum absolute atomic E-state index is 11.9. The van der Waals surface area contributed by atoms with Gasteiger partial charge >= 0.3 is 0 Å². The molecule has 0 aliphatic heterocycles. The molecule has 0 atom stereocenters. The predicted molar refractivity (Wildman–Crippen MR) is 222 cm³/mol. The molecule has 0 bridgehead atoms. The van der Waals surface area contributed by atoms with Crippen LogP contribution in [0.1, 0.15) is 74.6 Å². The van der Waals surface area contributed by atoms with Crippen LogP contribution in [0.4, 0.5) is 22.7 Å². The first kappa shape index (κ1) is 40.9. The van der Waals surface area contributed by atoms with Crippen LogP contribution in [-0.2, 0) is 27.2 Å². The van der Waals surface area contributed by atoms with Gasteiger partial charge in [0.2, 0.25) is 0 Å². The average Bonchev–Trinajstić information content (AvgIpc) is 3.14. The molecular formula is C44H50Cl2N4O3. The number of aryl methyl sites for hydroxylation is 2. The van der Waals surface area contributed by atoms with E-state index < -0.39 is 0 Å². The number of anilines is 4. The maximum Gasteiger partial charge on any atom is 0.160 e. The van der Waals surface area contributed by atoms with E-state index in [1.807, 2.05) is 63.2 Å². The van der Waals surface area contributed by atoms with Crippen molar-refractivity contribution < 1.29 is 14.4 Å². The van der Waals surface area contributed by atoms with Gasteiger partial charge in [0, 0.05) is 59.7 Å². The quantitative estimate of drug-likeness (QED) is 0.0942. The van der Waals surface area contributed by atoms with Crippen molar-refractivity contribution in [2.75, 3.05) is 28.2 Å². The average molecular weight is 754 g/mol. The largest absolute Gasteiger partial charge is 0.399 e. The third-order valence-corrected chi connectivity index (χ3v) is 10.1. The number of rotatable bonds is 10. The van der Waals surface area contributed by atoms with Crippen LogP contribution in [0.15, 0.2) is 107 Å². The van der Waals surface area contributed by atoms with Gasteiger partial charge in [-0.25, -0.2) is 0 Å².